The topological polar surface area (TPSA) is 89.8 Å². The van der Waals surface area contributed by atoms with Crippen LogP contribution in [0.1, 0.15) is 348 Å². The lowest BCUT2D eigenvalue weighted by Gasteiger charge is -2.23. The predicted octanol–water partition coefficient (Wildman–Crippen LogP) is 19.1. The van der Waals surface area contributed by atoms with Crippen LogP contribution in [-0.2, 0) is 4.79 Å². The number of aliphatic hydroxyl groups excluding tert-OH is 3. The van der Waals surface area contributed by atoms with E-state index in [-0.39, 0.29) is 18.9 Å². The Balaban J connectivity index is 3.48. The molecular weight excluding hydrogens is 811 g/mol. The van der Waals surface area contributed by atoms with Crippen LogP contribution in [0.3, 0.4) is 0 Å². The van der Waals surface area contributed by atoms with Crippen molar-refractivity contribution in [3.63, 3.8) is 0 Å². The number of nitrogens with one attached hydrogen (secondary N) is 1. The van der Waals surface area contributed by atoms with E-state index in [1.54, 1.807) is 0 Å². The van der Waals surface area contributed by atoms with Crippen molar-refractivity contribution in [2.75, 3.05) is 6.61 Å². The van der Waals surface area contributed by atoms with Crippen molar-refractivity contribution < 1.29 is 20.1 Å². The molecule has 0 aliphatic carbocycles. The fraction of sp³-hybridized carbons (Fsp3) is 0.951. The molecule has 1 amide bonds. The zero-order valence-corrected chi connectivity index (χ0v) is 45.1. The van der Waals surface area contributed by atoms with E-state index in [1.165, 1.54) is 289 Å². The fourth-order valence-electron chi connectivity index (χ4n) is 9.93. The molecule has 0 fully saturated rings. The molecule has 5 heteroatoms. The van der Waals surface area contributed by atoms with Crippen LogP contribution in [0.5, 0.6) is 0 Å². The first-order valence-electron chi connectivity index (χ1n) is 30.5. The molecule has 3 unspecified atom stereocenters. The summed E-state index contributed by atoms with van der Waals surface area (Å²) >= 11 is 0. The molecule has 0 radical (unpaired) electrons. The maximum Gasteiger partial charge on any atom is 0.222 e. The Kier molecular flexibility index (Phi) is 55.9. The molecule has 0 aromatic heterocycles. The summed E-state index contributed by atoms with van der Waals surface area (Å²) in [7, 11) is 0. The summed E-state index contributed by atoms with van der Waals surface area (Å²) in [6, 6.07) is -0.657. The summed E-state index contributed by atoms with van der Waals surface area (Å²) in [5.74, 6) is -0.276. The zero-order chi connectivity index (χ0) is 47.9. The maximum atomic E-state index is 12.6. The molecule has 0 heterocycles. The van der Waals surface area contributed by atoms with Crippen molar-refractivity contribution in [2.24, 2.45) is 0 Å². The second kappa shape index (κ2) is 56.7. The van der Waals surface area contributed by atoms with Gasteiger partial charge in [-0.15, -0.1) is 0 Å². The van der Waals surface area contributed by atoms with Crippen molar-refractivity contribution in [2.45, 2.75) is 366 Å². The summed E-state index contributed by atoms with van der Waals surface area (Å²) in [6.45, 7) is 4.31. The summed E-state index contributed by atoms with van der Waals surface area (Å²) in [5.41, 5.74) is 0. The number of unbranched alkanes of at least 4 members (excludes halogenated alkanes) is 46. The Morgan fingerprint density at radius 2 is 0.606 bits per heavy atom. The smallest absolute Gasteiger partial charge is 0.222 e. The van der Waals surface area contributed by atoms with Gasteiger partial charge >= 0.3 is 0 Å². The van der Waals surface area contributed by atoms with Gasteiger partial charge < -0.3 is 20.6 Å². The van der Waals surface area contributed by atoms with E-state index < -0.39 is 18.2 Å². The number of allylic oxidation sites excluding steroid dienone is 2. The van der Waals surface area contributed by atoms with E-state index in [0.29, 0.717) is 12.8 Å². The van der Waals surface area contributed by atoms with Crippen LogP contribution in [0, 0.1) is 0 Å². The Hall–Kier alpha value is -0.910. The summed E-state index contributed by atoms with van der Waals surface area (Å²) in [6.07, 6.45) is 71.0. The Morgan fingerprint density at radius 1 is 0.364 bits per heavy atom. The number of aliphatic hydroxyl groups is 3. The van der Waals surface area contributed by atoms with E-state index in [1.807, 2.05) is 0 Å². The molecule has 0 aromatic rings. The van der Waals surface area contributed by atoms with Crippen LogP contribution < -0.4 is 5.32 Å². The van der Waals surface area contributed by atoms with Crippen LogP contribution in [0.25, 0.3) is 0 Å². The normalized spacial score (nSPS) is 13.2. The van der Waals surface area contributed by atoms with Gasteiger partial charge in [0.15, 0.2) is 0 Å². The van der Waals surface area contributed by atoms with Crippen molar-refractivity contribution in [1.29, 1.82) is 0 Å². The average molecular weight is 933 g/mol. The van der Waals surface area contributed by atoms with Crippen LogP contribution in [0.15, 0.2) is 12.2 Å². The number of carbonyl (C=O) groups excluding carboxylic acids is 1. The molecule has 0 aliphatic rings. The van der Waals surface area contributed by atoms with Gasteiger partial charge in [0.25, 0.3) is 0 Å². The standard InChI is InChI=1S/C61H121NO4/c1-3-5-7-9-11-13-15-17-19-21-23-25-27-28-29-30-31-32-33-34-36-38-40-42-44-46-48-50-52-54-58(64)56-61(66)62-59(57-63)60(65)55-53-51-49-47-45-43-41-39-37-35-26-24-22-20-18-16-14-12-10-8-6-4-2/h28-29,58-60,63-65H,3-27,30-57H2,1-2H3,(H,62,66)/b29-28-. The quantitative estimate of drug-likeness (QED) is 0.0361. The van der Waals surface area contributed by atoms with Gasteiger partial charge in [0, 0.05) is 0 Å². The van der Waals surface area contributed by atoms with Gasteiger partial charge in [0.2, 0.25) is 5.91 Å². The van der Waals surface area contributed by atoms with Gasteiger partial charge in [-0.25, -0.2) is 0 Å². The summed E-state index contributed by atoms with van der Waals surface area (Å²) < 4.78 is 0. The molecule has 4 N–H and O–H groups in total. The summed E-state index contributed by atoms with van der Waals surface area (Å²) in [5, 5.41) is 33.7. The van der Waals surface area contributed by atoms with Gasteiger partial charge in [-0.1, -0.05) is 315 Å². The number of rotatable bonds is 57. The van der Waals surface area contributed by atoms with Gasteiger partial charge in [-0.3, -0.25) is 4.79 Å². The molecule has 0 rings (SSSR count). The van der Waals surface area contributed by atoms with Crippen LogP contribution in [-0.4, -0.2) is 46.1 Å². The predicted molar refractivity (Wildman–Crippen MR) is 292 cm³/mol. The molecule has 0 spiro atoms. The van der Waals surface area contributed by atoms with Crippen molar-refractivity contribution >= 4 is 5.91 Å². The monoisotopic (exact) mass is 932 g/mol. The molecule has 0 saturated carbocycles. The van der Waals surface area contributed by atoms with Gasteiger partial charge in [0.05, 0.1) is 31.3 Å². The molecular formula is C61H121NO4. The Morgan fingerprint density at radius 3 is 0.879 bits per heavy atom. The lowest BCUT2D eigenvalue weighted by molar-refractivity contribution is -0.125. The maximum absolute atomic E-state index is 12.6. The Bertz CT molecular complexity index is 940. The molecule has 394 valence electrons. The van der Waals surface area contributed by atoms with Crippen molar-refractivity contribution in [1.82, 2.24) is 5.32 Å². The number of hydrogen-bond donors (Lipinski definition) is 4. The second-order valence-electron chi connectivity index (χ2n) is 21.3. The highest BCUT2D eigenvalue weighted by atomic mass is 16.3. The SMILES string of the molecule is CCCCCCCCCCCCCC/C=C\CCCCCCCCCCCCCCCC(O)CC(=O)NC(CO)C(O)CCCCCCCCCCCCCCCCCCCCCCCC. The van der Waals surface area contributed by atoms with Gasteiger partial charge in [0.1, 0.15) is 0 Å². The second-order valence-corrected chi connectivity index (χ2v) is 21.3. The van der Waals surface area contributed by atoms with Gasteiger partial charge in [-0.05, 0) is 38.5 Å². The number of carbonyl (C=O) groups is 1. The largest absolute Gasteiger partial charge is 0.394 e. The van der Waals surface area contributed by atoms with E-state index in [9.17, 15) is 20.1 Å². The van der Waals surface area contributed by atoms with Crippen LogP contribution in [0.2, 0.25) is 0 Å². The zero-order valence-electron chi connectivity index (χ0n) is 45.1. The van der Waals surface area contributed by atoms with Gasteiger partial charge in [-0.2, -0.15) is 0 Å². The Labute approximate surface area is 414 Å². The third-order valence-corrected chi connectivity index (χ3v) is 14.6. The highest BCUT2D eigenvalue weighted by Crippen LogP contribution is 2.19. The first-order valence-corrected chi connectivity index (χ1v) is 30.5. The molecule has 0 bridgehead atoms. The van der Waals surface area contributed by atoms with E-state index in [4.69, 9.17) is 0 Å². The molecule has 0 aromatic carbocycles. The van der Waals surface area contributed by atoms with E-state index in [2.05, 4.69) is 31.3 Å². The van der Waals surface area contributed by atoms with E-state index >= 15 is 0 Å². The molecule has 3 atom stereocenters. The molecule has 5 nitrogen and oxygen atoms in total. The fourth-order valence-corrected chi connectivity index (χ4v) is 9.93. The minimum absolute atomic E-state index is 0.0409. The highest BCUT2D eigenvalue weighted by Gasteiger charge is 2.21. The first kappa shape index (κ1) is 65.1. The minimum Gasteiger partial charge on any atom is -0.394 e. The van der Waals surface area contributed by atoms with Crippen LogP contribution >= 0.6 is 0 Å². The number of hydrogen-bond acceptors (Lipinski definition) is 4. The average Bonchev–Trinajstić information content (AvgIpc) is 3.31. The van der Waals surface area contributed by atoms with Crippen LogP contribution in [0.4, 0.5) is 0 Å². The summed E-state index contributed by atoms with van der Waals surface area (Å²) in [4.78, 5) is 12.6. The molecule has 0 aliphatic heterocycles. The molecule has 0 saturated heterocycles. The lowest BCUT2D eigenvalue weighted by atomic mass is 10.0. The highest BCUT2D eigenvalue weighted by molar-refractivity contribution is 5.76. The minimum atomic E-state index is -0.748. The lowest BCUT2D eigenvalue weighted by Crippen LogP contribution is -2.46. The third kappa shape index (κ3) is 52.5. The number of amides is 1. The van der Waals surface area contributed by atoms with Crippen molar-refractivity contribution in [3.8, 4) is 0 Å². The van der Waals surface area contributed by atoms with E-state index in [0.717, 1.165) is 25.7 Å². The van der Waals surface area contributed by atoms with Crippen molar-refractivity contribution in [3.05, 3.63) is 12.2 Å². The first-order chi connectivity index (χ1) is 32.5. The third-order valence-electron chi connectivity index (χ3n) is 14.6. The molecule has 66 heavy (non-hydrogen) atoms.